The van der Waals surface area contributed by atoms with Crippen molar-refractivity contribution in [1.29, 1.82) is 0 Å². The van der Waals surface area contributed by atoms with Crippen LogP contribution in [0.1, 0.15) is 44.0 Å². The number of hydrogen-bond acceptors (Lipinski definition) is 5. The number of likely N-dealkylation sites (tertiary alicyclic amines) is 1. The predicted molar refractivity (Wildman–Crippen MR) is 117 cm³/mol. The van der Waals surface area contributed by atoms with Crippen molar-refractivity contribution in [2.24, 2.45) is 5.92 Å². The van der Waals surface area contributed by atoms with Gasteiger partial charge in [0.2, 0.25) is 15.9 Å². The minimum Gasteiger partial charge on any atom is -0.353 e. The molecule has 1 atom stereocenters. The quantitative estimate of drug-likeness (QED) is 0.637. The number of piperidine rings is 1. The van der Waals surface area contributed by atoms with Gasteiger partial charge < -0.3 is 10.6 Å². The summed E-state index contributed by atoms with van der Waals surface area (Å²) >= 11 is 0. The first-order chi connectivity index (χ1) is 13.9. The lowest BCUT2D eigenvalue weighted by Gasteiger charge is -2.43. The van der Waals surface area contributed by atoms with Gasteiger partial charge in [0.15, 0.2) is 0 Å². The highest BCUT2D eigenvalue weighted by Gasteiger charge is 2.30. The molecule has 1 heterocycles. The topological polar surface area (TPSA) is 98.8 Å². The van der Waals surface area contributed by atoms with E-state index in [0.29, 0.717) is 12.5 Å². The molecule has 1 aromatic carbocycles. The summed E-state index contributed by atoms with van der Waals surface area (Å²) in [6, 6.07) is 5.77. The van der Waals surface area contributed by atoms with Crippen molar-refractivity contribution in [3.63, 3.8) is 0 Å². The van der Waals surface area contributed by atoms with E-state index in [1.807, 2.05) is 0 Å². The highest BCUT2D eigenvalue weighted by molar-refractivity contribution is 7.89. The third kappa shape index (κ3) is 6.26. The van der Waals surface area contributed by atoms with Gasteiger partial charge in [-0.2, -0.15) is 0 Å². The number of nitrogens with one attached hydrogen (secondary N) is 2. The molecule has 30 heavy (non-hydrogen) atoms. The van der Waals surface area contributed by atoms with Crippen molar-refractivity contribution in [2.45, 2.75) is 44.0 Å². The predicted octanol–water partition coefficient (Wildman–Crippen LogP) is 1.29. The third-order valence-corrected chi connectivity index (χ3v) is 7.33. The van der Waals surface area contributed by atoms with E-state index in [4.69, 9.17) is 0 Å². The normalized spacial score (nSPS) is 18.3. The number of rotatable bonds is 8. The average Bonchev–Trinajstić information content (AvgIpc) is 2.70. The van der Waals surface area contributed by atoms with Crippen molar-refractivity contribution in [3.05, 3.63) is 29.8 Å². The fourth-order valence-electron chi connectivity index (χ4n) is 3.50. The molecule has 1 aliphatic rings. The molecular formula is C21H34N4O4S. The van der Waals surface area contributed by atoms with E-state index >= 15 is 0 Å². The van der Waals surface area contributed by atoms with Gasteiger partial charge >= 0.3 is 0 Å². The molecule has 0 saturated carbocycles. The molecule has 0 radical (unpaired) electrons. The van der Waals surface area contributed by atoms with E-state index in [-0.39, 0.29) is 28.4 Å². The SMILES string of the molecule is CC1CCCN(C(C)(C)CNC(=O)CNC(=O)c2cccc(S(=O)(=O)N(C)C)c2)C1. The Hall–Kier alpha value is -1.97. The average molecular weight is 439 g/mol. The van der Waals surface area contributed by atoms with Gasteiger partial charge in [-0.05, 0) is 57.4 Å². The van der Waals surface area contributed by atoms with Gasteiger partial charge in [0.05, 0.1) is 11.4 Å². The summed E-state index contributed by atoms with van der Waals surface area (Å²) in [7, 11) is -0.776. The molecule has 1 fully saturated rings. The summed E-state index contributed by atoms with van der Waals surface area (Å²) in [5, 5.41) is 5.45. The third-order valence-electron chi connectivity index (χ3n) is 5.52. The van der Waals surface area contributed by atoms with Crippen molar-refractivity contribution >= 4 is 21.8 Å². The maximum Gasteiger partial charge on any atom is 0.251 e. The Morgan fingerprint density at radius 3 is 2.57 bits per heavy atom. The maximum absolute atomic E-state index is 12.4. The number of hydrogen-bond donors (Lipinski definition) is 2. The standard InChI is InChI=1S/C21H34N4O4S/c1-16-8-7-11-25(14-16)21(2,3)15-23-19(26)13-22-20(27)17-9-6-10-18(12-17)30(28,29)24(4)5/h6,9-10,12,16H,7-8,11,13-15H2,1-5H3,(H,22,27)(H,23,26). The minimum atomic E-state index is -3.63. The van der Waals surface area contributed by atoms with E-state index in [1.165, 1.54) is 44.8 Å². The number of carbonyl (C=O) groups excluding carboxylic acids is 2. The summed E-state index contributed by atoms with van der Waals surface area (Å²) < 4.78 is 25.5. The lowest BCUT2D eigenvalue weighted by Crippen LogP contribution is -2.55. The number of sulfonamides is 1. The van der Waals surface area contributed by atoms with Crippen LogP contribution in [0.15, 0.2) is 29.2 Å². The monoisotopic (exact) mass is 438 g/mol. The van der Waals surface area contributed by atoms with Crippen LogP contribution in [0, 0.1) is 5.92 Å². The van der Waals surface area contributed by atoms with Gasteiger partial charge in [-0.25, -0.2) is 12.7 Å². The van der Waals surface area contributed by atoms with Gasteiger partial charge in [-0.15, -0.1) is 0 Å². The second-order valence-electron chi connectivity index (χ2n) is 8.78. The van der Waals surface area contributed by atoms with E-state index in [2.05, 4.69) is 36.3 Å². The molecule has 0 aromatic heterocycles. The van der Waals surface area contributed by atoms with Gasteiger partial charge in [-0.3, -0.25) is 14.5 Å². The van der Waals surface area contributed by atoms with Crippen molar-refractivity contribution in [1.82, 2.24) is 19.8 Å². The van der Waals surface area contributed by atoms with Gasteiger partial charge in [0.1, 0.15) is 0 Å². The van der Waals surface area contributed by atoms with E-state index in [1.54, 1.807) is 0 Å². The smallest absolute Gasteiger partial charge is 0.251 e. The van der Waals surface area contributed by atoms with Crippen molar-refractivity contribution in [3.8, 4) is 0 Å². The Morgan fingerprint density at radius 1 is 1.23 bits per heavy atom. The summed E-state index contributed by atoms with van der Waals surface area (Å²) in [5.41, 5.74) is 0.0248. The molecule has 1 aliphatic heterocycles. The Kier molecular flexibility index (Phi) is 8.01. The first-order valence-corrected chi connectivity index (χ1v) is 11.7. The number of amides is 2. The van der Waals surface area contributed by atoms with Crippen LogP contribution in [0.5, 0.6) is 0 Å². The fraction of sp³-hybridized carbons (Fsp3) is 0.619. The minimum absolute atomic E-state index is 0.0297. The van der Waals surface area contributed by atoms with Crippen LogP contribution >= 0.6 is 0 Å². The Balaban J connectivity index is 1.88. The highest BCUT2D eigenvalue weighted by Crippen LogP contribution is 2.23. The Morgan fingerprint density at radius 2 is 1.93 bits per heavy atom. The molecule has 9 heteroatoms. The van der Waals surface area contributed by atoms with Gasteiger partial charge in [0.25, 0.3) is 5.91 Å². The Bertz CT molecular complexity index is 868. The zero-order chi connectivity index (χ0) is 22.5. The van der Waals surface area contributed by atoms with Crippen molar-refractivity contribution in [2.75, 3.05) is 40.3 Å². The van der Waals surface area contributed by atoms with Gasteiger partial charge in [0, 0.05) is 38.3 Å². The fourth-order valence-corrected chi connectivity index (χ4v) is 4.45. The molecule has 1 unspecified atom stereocenters. The zero-order valence-electron chi connectivity index (χ0n) is 18.6. The van der Waals surface area contributed by atoms with E-state index < -0.39 is 15.9 Å². The summed E-state index contributed by atoms with van der Waals surface area (Å²) in [4.78, 5) is 27.0. The first kappa shape index (κ1) is 24.3. The summed E-state index contributed by atoms with van der Waals surface area (Å²) in [6.07, 6.45) is 2.40. The lowest BCUT2D eigenvalue weighted by atomic mass is 9.93. The van der Waals surface area contributed by atoms with Crippen LogP contribution in [-0.4, -0.2) is 75.3 Å². The Labute approximate surface area is 180 Å². The van der Waals surface area contributed by atoms with E-state index in [9.17, 15) is 18.0 Å². The van der Waals surface area contributed by atoms with E-state index in [0.717, 1.165) is 23.8 Å². The summed E-state index contributed by atoms with van der Waals surface area (Å²) in [6.45, 7) is 8.83. The molecule has 1 aromatic rings. The van der Waals surface area contributed by atoms with Gasteiger partial charge in [-0.1, -0.05) is 13.0 Å². The van der Waals surface area contributed by atoms with Crippen LogP contribution in [0.2, 0.25) is 0 Å². The number of carbonyl (C=O) groups is 2. The zero-order valence-corrected chi connectivity index (χ0v) is 19.4. The number of benzene rings is 1. The van der Waals surface area contributed by atoms with Crippen LogP contribution in [-0.2, 0) is 14.8 Å². The summed E-state index contributed by atoms with van der Waals surface area (Å²) in [5.74, 6) is -0.122. The van der Waals surface area contributed by atoms with Crippen LogP contribution in [0.4, 0.5) is 0 Å². The molecule has 168 valence electrons. The molecule has 2 amide bonds. The van der Waals surface area contributed by atoms with Crippen LogP contribution in [0.25, 0.3) is 0 Å². The van der Waals surface area contributed by atoms with Crippen LogP contribution < -0.4 is 10.6 Å². The lowest BCUT2D eigenvalue weighted by molar-refractivity contribution is -0.120. The second kappa shape index (κ2) is 9.89. The molecule has 2 N–H and O–H groups in total. The maximum atomic E-state index is 12.4. The largest absolute Gasteiger partial charge is 0.353 e. The molecule has 0 bridgehead atoms. The number of nitrogens with zero attached hydrogens (tertiary/aromatic N) is 2. The molecular weight excluding hydrogens is 404 g/mol. The highest BCUT2D eigenvalue weighted by atomic mass is 32.2. The molecule has 2 rings (SSSR count). The van der Waals surface area contributed by atoms with Crippen LogP contribution in [0.3, 0.4) is 0 Å². The molecule has 0 aliphatic carbocycles. The molecule has 0 spiro atoms. The first-order valence-electron chi connectivity index (χ1n) is 10.3. The second-order valence-corrected chi connectivity index (χ2v) is 10.9. The molecule has 8 nitrogen and oxygen atoms in total. The van der Waals surface area contributed by atoms with Crippen molar-refractivity contribution < 1.29 is 18.0 Å². The molecule has 1 saturated heterocycles.